The Labute approximate surface area is 157 Å². The van der Waals surface area contributed by atoms with E-state index >= 15 is 0 Å². The minimum absolute atomic E-state index is 0.0731. The maximum atomic E-state index is 14.0. The Balaban J connectivity index is 1.99. The summed E-state index contributed by atoms with van der Waals surface area (Å²) in [5, 5.41) is 2.24. The van der Waals surface area contributed by atoms with Gasteiger partial charge in [-0.25, -0.2) is 4.39 Å². The number of benzene rings is 2. The summed E-state index contributed by atoms with van der Waals surface area (Å²) in [6, 6.07) is 6.77. The number of amides is 1. The zero-order valence-corrected chi connectivity index (χ0v) is 14.7. The molecule has 1 fully saturated rings. The average molecular weight is 403 g/mol. The average Bonchev–Trinajstić information content (AvgIpc) is 2.61. The molecule has 9 heteroatoms. The molecule has 4 nitrogen and oxygen atoms in total. The highest BCUT2D eigenvalue weighted by Gasteiger charge is 2.32. The second kappa shape index (κ2) is 7.74. The third-order valence-corrected chi connectivity index (χ3v) is 4.43. The highest BCUT2D eigenvalue weighted by molar-refractivity contribution is 6.34. The van der Waals surface area contributed by atoms with Gasteiger partial charge >= 0.3 is 6.18 Å². The molecule has 1 aliphatic heterocycles. The molecule has 0 radical (unpaired) electrons. The number of carbonyl (C=O) groups excluding carboxylic acids is 1. The normalized spacial score (nSPS) is 14.9. The van der Waals surface area contributed by atoms with Crippen LogP contribution in [0.25, 0.3) is 0 Å². The zero-order chi connectivity index (χ0) is 19.6. The third kappa shape index (κ3) is 4.33. The summed E-state index contributed by atoms with van der Waals surface area (Å²) in [6.45, 7) is 1.73. The molecule has 27 heavy (non-hydrogen) atoms. The van der Waals surface area contributed by atoms with Gasteiger partial charge in [0.05, 0.1) is 40.7 Å². The molecular weight excluding hydrogens is 388 g/mol. The molecule has 144 valence electrons. The van der Waals surface area contributed by atoms with Crippen molar-refractivity contribution < 1.29 is 27.1 Å². The van der Waals surface area contributed by atoms with Crippen LogP contribution in [0.2, 0.25) is 5.02 Å². The fraction of sp³-hybridized carbons (Fsp3) is 0.278. The molecule has 1 N–H and O–H groups in total. The Morgan fingerprint density at radius 1 is 1.15 bits per heavy atom. The van der Waals surface area contributed by atoms with E-state index in [1.54, 1.807) is 4.90 Å². The van der Waals surface area contributed by atoms with Crippen LogP contribution >= 0.6 is 11.6 Å². The third-order valence-electron chi connectivity index (χ3n) is 4.11. The molecule has 1 saturated heterocycles. The zero-order valence-electron chi connectivity index (χ0n) is 13.9. The van der Waals surface area contributed by atoms with Crippen LogP contribution in [-0.4, -0.2) is 32.2 Å². The topological polar surface area (TPSA) is 41.6 Å². The van der Waals surface area contributed by atoms with Gasteiger partial charge in [0.2, 0.25) is 0 Å². The van der Waals surface area contributed by atoms with Gasteiger partial charge in [-0.1, -0.05) is 17.7 Å². The molecule has 0 spiro atoms. The summed E-state index contributed by atoms with van der Waals surface area (Å²) in [7, 11) is 0. The summed E-state index contributed by atoms with van der Waals surface area (Å²) in [5.41, 5.74) is -1.03. The maximum absolute atomic E-state index is 14.0. The largest absolute Gasteiger partial charge is 0.416 e. The molecule has 2 aromatic rings. The lowest BCUT2D eigenvalue weighted by Gasteiger charge is -2.31. The lowest BCUT2D eigenvalue weighted by atomic mass is 10.1. The number of halogens is 5. The van der Waals surface area contributed by atoms with E-state index in [9.17, 15) is 22.4 Å². The highest BCUT2D eigenvalue weighted by Crippen LogP contribution is 2.36. The summed E-state index contributed by atoms with van der Waals surface area (Å²) < 4.78 is 58.5. The van der Waals surface area contributed by atoms with Gasteiger partial charge < -0.3 is 15.0 Å². The SMILES string of the molecule is O=C(Nc1cc(C(F)(F)F)ccc1N1CCOCC1)c1c(F)cccc1Cl. The molecule has 2 aromatic carbocycles. The molecule has 0 aliphatic carbocycles. The maximum Gasteiger partial charge on any atom is 0.416 e. The van der Waals surface area contributed by atoms with Crippen molar-refractivity contribution in [2.45, 2.75) is 6.18 Å². The Morgan fingerprint density at radius 2 is 1.85 bits per heavy atom. The van der Waals surface area contributed by atoms with E-state index in [2.05, 4.69) is 5.32 Å². The van der Waals surface area contributed by atoms with E-state index in [0.29, 0.717) is 32.0 Å². The number of hydrogen-bond acceptors (Lipinski definition) is 3. The molecule has 0 aromatic heterocycles. The van der Waals surface area contributed by atoms with Gasteiger partial charge in [-0.2, -0.15) is 13.2 Å². The minimum atomic E-state index is -4.58. The molecular formula is C18H15ClF4N2O2. The number of nitrogens with one attached hydrogen (secondary N) is 1. The van der Waals surface area contributed by atoms with E-state index in [4.69, 9.17) is 16.3 Å². The van der Waals surface area contributed by atoms with Crippen molar-refractivity contribution in [2.24, 2.45) is 0 Å². The second-order valence-electron chi connectivity index (χ2n) is 5.88. The fourth-order valence-electron chi connectivity index (χ4n) is 2.79. The van der Waals surface area contributed by atoms with Crippen LogP contribution in [0.4, 0.5) is 28.9 Å². The summed E-state index contributed by atoms with van der Waals surface area (Å²) in [4.78, 5) is 14.3. The van der Waals surface area contributed by atoms with Gasteiger partial charge in [-0.15, -0.1) is 0 Å². The van der Waals surface area contributed by atoms with Crippen LogP contribution in [0, 0.1) is 5.82 Å². The molecule has 1 amide bonds. The number of carbonyl (C=O) groups is 1. The number of ether oxygens (including phenoxy) is 1. The van der Waals surface area contributed by atoms with E-state index in [1.165, 1.54) is 18.2 Å². The summed E-state index contributed by atoms with van der Waals surface area (Å²) >= 11 is 5.88. The standard InChI is InChI=1S/C18H15ClF4N2O2/c19-12-2-1-3-13(20)16(12)17(26)24-14-10-11(18(21,22)23)4-5-15(14)25-6-8-27-9-7-25/h1-5,10H,6-9H2,(H,24,26). The van der Waals surface area contributed by atoms with E-state index in [0.717, 1.165) is 18.2 Å². The Morgan fingerprint density at radius 3 is 2.48 bits per heavy atom. The van der Waals surface area contributed by atoms with Gasteiger partial charge in [-0.3, -0.25) is 4.79 Å². The van der Waals surface area contributed by atoms with Crippen molar-refractivity contribution in [3.05, 3.63) is 58.4 Å². The molecule has 1 heterocycles. The van der Waals surface area contributed by atoms with Gasteiger partial charge in [0.15, 0.2) is 0 Å². The summed E-state index contributed by atoms with van der Waals surface area (Å²) in [5.74, 6) is -1.79. The number of rotatable bonds is 3. The van der Waals surface area contributed by atoms with E-state index in [1.807, 2.05) is 0 Å². The Kier molecular flexibility index (Phi) is 5.57. The first-order valence-corrected chi connectivity index (χ1v) is 8.44. The van der Waals surface area contributed by atoms with Crippen molar-refractivity contribution in [1.29, 1.82) is 0 Å². The summed E-state index contributed by atoms with van der Waals surface area (Å²) in [6.07, 6.45) is -4.58. The van der Waals surface area contributed by atoms with Crippen molar-refractivity contribution >= 4 is 28.9 Å². The molecule has 0 atom stereocenters. The van der Waals surface area contributed by atoms with Crippen LogP contribution in [0.15, 0.2) is 36.4 Å². The number of alkyl halides is 3. The fourth-order valence-corrected chi connectivity index (χ4v) is 3.04. The molecule has 3 rings (SSSR count). The number of anilines is 2. The number of hydrogen-bond donors (Lipinski definition) is 1. The molecule has 0 unspecified atom stereocenters. The van der Waals surface area contributed by atoms with E-state index in [-0.39, 0.29) is 10.7 Å². The van der Waals surface area contributed by atoms with Crippen molar-refractivity contribution in [1.82, 2.24) is 0 Å². The van der Waals surface area contributed by atoms with Gasteiger partial charge in [0, 0.05) is 13.1 Å². The van der Waals surface area contributed by atoms with Crippen molar-refractivity contribution in [2.75, 3.05) is 36.5 Å². The minimum Gasteiger partial charge on any atom is -0.378 e. The van der Waals surface area contributed by atoms with Gasteiger partial charge in [0.1, 0.15) is 5.82 Å². The first-order valence-electron chi connectivity index (χ1n) is 8.06. The van der Waals surface area contributed by atoms with Crippen LogP contribution in [-0.2, 0) is 10.9 Å². The second-order valence-corrected chi connectivity index (χ2v) is 6.29. The highest BCUT2D eigenvalue weighted by atomic mass is 35.5. The quantitative estimate of drug-likeness (QED) is 0.764. The Hall–Kier alpha value is -2.32. The number of morpholine rings is 1. The lowest BCUT2D eigenvalue weighted by molar-refractivity contribution is -0.137. The Bertz CT molecular complexity index is 831. The monoisotopic (exact) mass is 402 g/mol. The first kappa shape index (κ1) is 19.4. The van der Waals surface area contributed by atoms with Crippen LogP contribution in [0.1, 0.15) is 15.9 Å². The van der Waals surface area contributed by atoms with Gasteiger partial charge in [-0.05, 0) is 30.3 Å². The predicted octanol–water partition coefficient (Wildman–Crippen LogP) is 4.59. The van der Waals surface area contributed by atoms with E-state index < -0.39 is 29.0 Å². The van der Waals surface area contributed by atoms with Gasteiger partial charge in [0.25, 0.3) is 5.91 Å². The predicted molar refractivity (Wildman–Crippen MR) is 93.8 cm³/mol. The van der Waals surface area contributed by atoms with Crippen molar-refractivity contribution in [3.63, 3.8) is 0 Å². The van der Waals surface area contributed by atoms with Crippen molar-refractivity contribution in [3.8, 4) is 0 Å². The van der Waals surface area contributed by atoms with Crippen LogP contribution < -0.4 is 10.2 Å². The van der Waals surface area contributed by atoms with Crippen LogP contribution in [0.5, 0.6) is 0 Å². The molecule has 0 saturated carbocycles. The lowest BCUT2D eigenvalue weighted by Crippen LogP contribution is -2.37. The first-order chi connectivity index (χ1) is 12.8. The molecule has 1 aliphatic rings. The molecule has 0 bridgehead atoms. The van der Waals surface area contributed by atoms with Crippen LogP contribution in [0.3, 0.4) is 0 Å². The smallest absolute Gasteiger partial charge is 0.378 e. The number of nitrogens with zero attached hydrogens (tertiary/aromatic N) is 1.